The number of hydrogen-bond acceptors (Lipinski definition) is 7. The van der Waals surface area contributed by atoms with Gasteiger partial charge in [-0.2, -0.15) is 0 Å². The van der Waals surface area contributed by atoms with E-state index >= 15 is 0 Å². The normalized spacial score (nSPS) is 11.4. The molecule has 0 bridgehead atoms. The second-order valence-corrected chi connectivity index (χ2v) is 7.13. The molecule has 0 saturated heterocycles. The van der Waals surface area contributed by atoms with Crippen LogP contribution in [-0.4, -0.2) is 80.3 Å². The number of hydrogen-bond donors (Lipinski definition) is 2. The van der Waals surface area contributed by atoms with Crippen molar-refractivity contribution < 1.29 is 65.1 Å². The average molecular weight is 407 g/mol. The Labute approximate surface area is 198 Å². The van der Waals surface area contributed by atoms with Gasteiger partial charge in [0.05, 0.1) is 26.7 Å². The largest absolute Gasteiger partial charge is 1.00 e. The van der Waals surface area contributed by atoms with E-state index in [4.69, 9.17) is 10.2 Å². The Morgan fingerprint density at radius 3 is 1.36 bits per heavy atom. The van der Waals surface area contributed by atoms with E-state index in [1.54, 1.807) is 0 Å². The van der Waals surface area contributed by atoms with E-state index in [2.05, 4.69) is 24.9 Å². The zero-order chi connectivity index (χ0) is 22.1. The third-order valence-electron chi connectivity index (χ3n) is 3.24. The van der Waals surface area contributed by atoms with Gasteiger partial charge in [-0.15, -0.1) is 0 Å². The standard InChI is InChI=1S/C8H16O3.C8H14O3.CH4O.B2.B.Na.H/c2*1-8(2,3)6(5-9)7(10)11-4;2*1-2;;;/h6,9H,5H2,1-4H3;5-6H,1-4H3;2H,1H3;;;;/q;;;;;+1;-1. The number of aldehydes is 1. The molecule has 0 aromatic heterocycles. The van der Waals surface area contributed by atoms with Gasteiger partial charge in [0, 0.05) is 31.0 Å². The van der Waals surface area contributed by atoms with Crippen LogP contribution in [0.2, 0.25) is 0 Å². The SMILES string of the molecule is CO.COC(=O)C(C=O)C(C)(C)C.COC(=O)C(CO)C(C)(C)C.[B].[B][B].[H-].[Na+]. The van der Waals surface area contributed by atoms with Gasteiger partial charge in [-0.05, 0) is 10.8 Å². The number of aliphatic hydroxyl groups excluding tert-OH is 2. The van der Waals surface area contributed by atoms with Crippen molar-refractivity contribution in [3.8, 4) is 0 Å². The first-order valence-electron chi connectivity index (χ1n) is 7.86. The van der Waals surface area contributed by atoms with Crippen molar-refractivity contribution in [1.29, 1.82) is 0 Å². The molecule has 7 radical (unpaired) electrons. The zero-order valence-electron chi connectivity index (χ0n) is 20.1. The molecule has 0 amide bonds. The molecule has 0 aromatic carbocycles. The van der Waals surface area contributed by atoms with Crippen LogP contribution in [0, 0.1) is 22.7 Å². The molecule has 0 fully saturated rings. The Balaban J connectivity index is -0.0000000521. The van der Waals surface area contributed by atoms with Crippen LogP contribution >= 0.6 is 0 Å². The molecule has 0 aliphatic carbocycles. The number of ether oxygens (including phenoxy) is 2. The van der Waals surface area contributed by atoms with Crippen LogP contribution < -0.4 is 29.6 Å². The van der Waals surface area contributed by atoms with Crippen LogP contribution in [0.25, 0.3) is 0 Å². The van der Waals surface area contributed by atoms with Crippen LogP contribution in [0.3, 0.4) is 0 Å². The van der Waals surface area contributed by atoms with E-state index < -0.39 is 17.8 Å². The Bertz CT molecular complexity index is 390. The quantitative estimate of drug-likeness (QED) is 0.228. The number of rotatable bonds is 4. The Morgan fingerprint density at radius 2 is 1.29 bits per heavy atom. The van der Waals surface area contributed by atoms with Crippen LogP contribution in [-0.2, 0) is 23.9 Å². The zero-order valence-corrected chi connectivity index (χ0v) is 21.1. The first-order chi connectivity index (χ1) is 11.9. The van der Waals surface area contributed by atoms with Gasteiger partial charge >= 0.3 is 41.5 Å². The van der Waals surface area contributed by atoms with Crippen molar-refractivity contribution in [2.24, 2.45) is 22.7 Å². The molecule has 2 unspecified atom stereocenters. The molecule has 0 heterocycles. The van der Waals surface area contributed by atoms with Crippen LogP contribution in [0.15, 0.2) is 0 Å². The molecule has 2 atom stereocenters. The van der Waals surface area contributed by atoms with Crippen molar-refractivity contribution in [1.82, 2.24) is 0 Å². The maximum atomic E-state index is 11.0. The third-order valence-corrected chi connectivity index (χ3v) is 3.24. The van der Waals surface area contributed by atoms with Gasteiger partial charge < -0.3 is 25.9 Å². The molecule has 0 aromatic rings. The summed E-state index contributed by atoms with van der Waals surface area (Å²) >= 11 is 0. The minimum Gasteiger partial charge on any atom is -1.00 e. The summed E-state index contributed by atoms with van der Waals surface area (Å²) in [5.74, 6) is -1.90. The van der Waals surface area contributed by atoms with Crippen molar-refractivity contribution in [3.63, 3.8) is 0 Å². The minimum atomic E-state index is -0.660. The van der Waals surface area contributed by atoms with Crippen LogP contribution in [0.4, 0.5) is 0 Å². The maximum Gasteiger partial charge on any atom is 1.00 e. The van der Waals surface area contributed by atoms with Crippen molar-refractivity contribution in [3.05, 3.63) is 0 Å². The summed E-state index contributed by atoms with van der Waals surface area (Å²) in [4.78, 5) is 32.4. The fourth-order valence-electron chi connectivity index (χ4n) is 1.58. The Hall–Kier alpha value is -0.275. The summed E-state index contributed by atoms with van der Waals surface area (Å²) in [7, 11) is 11.6. The summed E-state index contributed by atoms with van der Waals surface area (Å²) in [5, 5.41) is 15.9. The van der Waals surface area contributed by atoms with Crippen LogP contribution in [0.1, 0.15) is 43.0 Å². The number of aliphatic hydroxyl groups is 2. The molecule has 0 aliphatic heterocycles. The smallest absolute Gasteiger partial charge is 1.00 e. The number of esters is 2. The summed E-state index contributed by atoms with van der Waals surface area (Å²) in [6.07, 6.45) is 0.631. The van der Waals surface area contributed by atoms with Crippen molar-refractivity contribution in [2.45, 2.75) is 41.5 Å². The van der Waals surface area contributed by atoms with Gasteiger partial charge in [0.25, 0.3) is 0 Å². The number of methoxy groups -OCH3 is 2. The predicted molar refractivity (Wildman–Crippen MR) is 110 cm³/mol. The average Bonchev–Trinajstić information content (AvgIpc) is 2.57. The monoisotopic (exact) mass is 407 g/mol. The Kier molecular flexibility index (Phi) is 34.5. The molecule has 0 spiro atoms. The summed E-state index contributed by atoms with van der Waals surface area (Å²) in [6.45, 7) is 11.0. The van der Waals surface area contributed by atoms with Gasteiger partial charge in [-0.1, -0.05) is 41.5 Å². The summed E-state index contributed by atoms with van der Waals surface area (Å²) in [5.41, 5.74) is -0.587. The fourth-order valence-corrected chi connectivity index (χ4v) is 1.58. The van der Waals surface area contributed by atoms with E-state index in [0.29, 0.717) is 6.29 Å². The topological polar surface area (TPSA) is 110 Å². The second-order valence-electron chi connectivity index (χ2n) is 7.13. The summed E-state index contributed by atoms with van der Waals surface area (Å²) < 4.78 is 8.99. The Morgan fingerprint density at radius 1 is 0.964 bits per heavy atom. The molecule has 2 N–H and O–H groups in total. The first-order valence-corrected chi connectivity index (χ1v) is 7.86. The minimum absolute atomic E-state index is 0. The van der Waals surface area contributed by atoms with Gasteiger partial charge in [0.15, 0.2) is 0 Å². The molecule has 28 heavy (non-hydrogen) atoms. The molecule has 155 valence electrons. The maximum absolute atomic E-state index is 11.0. The molecular weight excluding hydrogens is 372 g/mol. The van der Waals surface area contributed by atoms with E-state index in [1.165, 1.54) is 14.2 Å². The molecule has 0 rings (SSSR count). The predicted octanol–water partition coefficient (Wildman–Crippen LogP) is -2.58. The van der Waals surface area contributed by atoms with E-state index in [-0.39, 0.29) is 62.8 Å². The fraction of sp³-hybridized carbons (Fsp3) is 0.824. The second kappa shape index (κ2) is 23.0. The molecular formula is C17H35B3NaO7. The molecule has 7 nitrogen and oxygen atoms in total. The van der Waals surface area contributed by atoms with Gasteiger partial charge in [-0.3, -0.25) is 9.59 Å². The van der Waals surface area contributed by atoms with E-state index in [9.17, 15) is 14.4 Å². The first kappa shape index (κ1) is 42.0. The number of carbonyl (C=O) groups is 3. The van der Waals surface area contributed by atoms with E-state index in [0.717, 1.165) is 7.11 Å². The van der Waals surface area contributed by atoms with Gasteiger partial charge in [0.2, 0.25) is 0 Å². The van der Waals surface area contributed by atoms with Gasteiger partial charge in [0.1, 0.15) is 12.2 Å². The van der Waals surface area contributed by atoms with Crippen molar-refractivity contribution in [2.75, 3.05) is 27.9 Å². The van der Waals surface area contributed by atoms with Crippen molar-refractivity contribution >= 4 is 42.1 Å². The number of carbonyl (C=O) groups excluding carboxylic acids is 3. The summed E-state index contributed by atoms with van der Waals surface area (Å²) in [6, 6.07) is 0. The molecule has 0 aliphatic rings. The molecule has 11 heteroatoms. The molecule has 0 saturated carbocycles. The third kappa shape index (κ3) is 20.5. The van der Waals surface area contributed by atoms with Crippen LogP contribution in [0.5, 0.6) is 0 Å². The van der Waals surface area contributed by atoms with Gasteiger partial charge in [-0.25, -0.2) is 0 Å². The van der Waals surface area contributed by atoms with E-state index in [1.807, 2.05) is 41.5 Å².